The second-order valence-electron chi connectivity index (χ2n) is 9.98. The normalized spacial score (nSPS) is 14.4. The molecule has 0 N–H and O–H groups in total. The van der Waals surface area contributed by atoms with Crippen molar-refractivity contribution in [3.05, 3.63) is 0 Å². The molecule has 0 aromatic heterocycles. The lowest BCUT2D eigenvalue weighted by atomic mass is 9.96. The van der Waals surface area contributed by atoms with Crippen molar-refractivity contribution in [2.75, 3.05) is 19.8 Å². The van der Waals surface area contributed by atoms with Crippen LogP contribution in [-0.4, -0.2) is 27.1 Å². The summed E-state index contributed by atoms with van der Waals surface area (Å²) in [6.07, 6.45) is 20.3. The van der Waals surface area contributed by atoms with Crippen LogP contribution in [-0.2, 0) is 14.0 Å². The Morgan fingerprint density at radius 3 is 1.16 bits per heavy atom. The first-order valence-electron chi connectivity index (χ1n) is 14.5. The van der Waals surface area contributed by atoms with E-state index in [4.69, 9.17) is 14.0 Å². The summed E-state index contributed by atoms with van der Waals surface area (Å²) in [5.41, 5.74) is 0. The third-order valence-electron chi connectivity index (χ3n) is 6.90. The van der Waals surface area contributed by atoms with Gasteiger partial charge in [0.15, 0.2) is 0 Å². The lowest BCUT2D eigenvalue weighted by Gasteiger charge is -2.23. The molecule has 3 unspecified atom stereocenters. The number of unbranched alkanes of at least 4 members (excludes halogenated alkanes) is 6. The summed E-state index contributed by atoms with van der Waals surface area (Å²) in [7, 11) is -0.499. The maximum Gasteiger partial charge on any atom is 0.639 e. The Labute approximate surface area is 203 Å². The zero-order chi connectivity index (χ0) is 23.9. The molecule has 192 valence electrons. The molecule has 32 heavy (non-hydrogen) atoms. The van der Waals surface area contributed by atoms with Gasteiger partial charge in [0.05, 0.1) is 0 Å². The van der Waals surface area contributed by atoms with Crippen molar-refractivity contribution in [1.29, 1.82) is 0 Å². The standard InChI is InChI=1S/C28H59BO3/c1-7-13-16-20-26(11-5)23-30-29(31-24-27(12-6)21-17-14-8-2)32-25-28(19-10-4)22-18-15-9-3/h26-28H,7-25H2,1-6H3. The van der Waals surface area contributed by atoms with Gasteiger partial charge in [-0.25, -0.2) is 0 Å². The van der Waals surface area contributed by atoms with Crippen molar-refractivity contribution in [1.82, 2.24) is 0 Å². The average Bonchev–Trinajstić information content (AvgIpc) is 2.80. The lowest BCUT2D eigenvalue weighted by molar-refractivity contribution is 0.0527. The van der Waals surface area contributed by atoms with Gasteiger partial charge in [0.1, 0.15) is 0 Å². The fourth-order valence-corrected chi connectivity index (χ4v) is 4.37. The molecular weight excluding hydrogens is 395 g/mol. The molecule has 0 bridgehead atoms. The molecule has 0 heterocycles. The Kier molecular flexibility index (Phi) is 24.0. The van der Waals surface area contributed by atoms with Gasteiger partial charge in [0, 0.05) is 19.8 Å². The van der Waals surface area contributed by atoms with Gasteiger partial charge in [0.2, 0.25) is 0 Å². The van der Waals surface area contributed by atoms with E-state index in [9.17, 15) is 0 Å². The van der Waals surface area contributed by atoms with Crippen LogP contribution in [0.2, 0.25) is 0 Å². The number of hydrogen-bond acceptors (Lipinski definition) is 3. The van der Waals surface area contributed by atoms with E-state index >= 15 is 0 Å². The molecule has 0 saturated carbocycles. The van der Waals surface area contributed by atoms with E-state index in [1.165, 1.54) is 103 Å². The predicted molar refractivity (Wildman–Crippen MR) is 142 cm³/mol. The summed E-state index contributed by atoms with van der Waals surface area (Å²) < 4.78 is 18.8. The molecule has 0 aliphatic heterocycles. The molecule has 0 saturated heterocycles. The van der Waals surface area contributed by atoms with E-state index in [-0.39, 0.29) is 0 Å². The van der Waals surface area contributed by atoms with Crippen LogP contribution in [0.5, 0.6) is 0 Å². The highest BCUT2D eigenvalue weighted by atomic mass is 16.7. The molecule has 4 heteroatoms. The van der Waals surface area contributed by atoms with Gasteiger partial charge in [-0.15, -0.1) is 0 Å². The quantitative estimate of drug-likeness (QED) is 0.102. The minimum Gasteiger partial charge on any atom is -0.386 e. The van der Waals surface area contributed by atoms with Gasteiger partial charge in [0.25, 0.3) is 0 Å². The van der Waals surface area contributed by atoms with E-state index in [1.54, 1.807) is 0 Å². The van der Waals surface area contributed by atoms with Crippen LogP contribution in [0.15, 0.2) is 0 Å². The van der Waals surface area contributed by atoms with Crippen LogP contribution >= 0.6 is 0 Å². The molecular formula is C28H59BO3. The van der Waals surface area contributed by atoms with Gasteiger partial charge in [-0.2, -0.15) is 0 Å². The van der Waals surface area contributed by atoms with E-state index in [1.807, 2.05) is 0 Å². The van der Waals surface area contributed by atoms with Crippen LogP contribution in [0.1, 0.15) is 144 Å². The van der Waals surface area contributed by atoms with Gasteiger partial charge in [-0.05, 0) is 43.4 Å². The first-order valence-corrected chi connectivity index (χ1v) is 14.5. The molecule has 0 aromatic carbocycles. The van der Waals surface area contributed by atoms with Crippen molar-refractivity contribution in [3.63, 3.8) is 0 Å². The Morgan fingerprint density at radius 2 is 0.812 bits per heavy atom. The number of hydrogen-bond donors (Lipinski definition) is 0. The molecule has 0 spiro atoms. The van der Waals surface area contributed by atoms with Crippen molar-refractivity contribution < 1.29 is 14.0 Å². The smallest absolute Gasteiger partial charge is 0.386 e. The maximum absolute atomic E-state index is 6.28. The van der Waals surface area contributed by atoms with Crippen molar-refractivity contribution in [2.45, 2.75) is 144 Å². The first kappa shape index (κ1) is 31.9. The Bertz CT molecular complexity index is 345. The van der Waals surface area contributed by atoms with Crippen LogP contribution in [0, 0.1) is 17.8 Å². The molecule has 0 aliphatic rings. The van der Waals surface area contributed by atoms with Gasteiger partial charge in [-0.3, -0.25) is 0 Å². The predicted octanol–water partition coefficient (Wildman–Crippen LogP) is 9.23. The third kappa shape index (κ3) is 18.4. The molecule has 0 fully saturated rings. The van der Waals surface area contributed by atoms with Crippen LogP contribution in [0.25, 0.3) is 0 Å². The molecule has 3 nitrogen and oxygen atoms in total. The summed E-state index contributed by atoms with van der Waals surface area (Å²) in [4.78, 5) is 0. The largest absolute Gasteiger partial charge is 0.639 e. The summed E-state index contributed by atoms with van der Waals surface area (Å²) in [6, 6.07) is 0. The molecule has 0 radical (unpaired) electrons. The highest BCUT2D eigenvalue weighted by Crippen LogP contribution is 2.20. The Hall–Kier alpha value is -0.0551. The molecule has 0 amide bonds. The minimum absolute atomic E-state index is 0.499. The minimum atomic E-state index is -0.499. The highest BCUT2D eigenvalue weighted by molar-refractivity contribution is 6.36. The monoisotopic (exact) mass is 454 g/mol. The second kappa shape index (κ2) is 24.1. The zero-order valence-corrected chi connectivity index (χ0v) is 23.0. The molecule has 3 atom stereocenters. The van der Waals surface area contributed by atoms with E-state index in [2.05, 4.69) is 41.5 Å². The summed E-state index contributed by atoms with van der Waals surface area (Å²) in [5, 5.41) is 0. The third-order valence-corrected chi connectivity index (χ3v) is 6.90. The fraction of sp³-hybridized carbons (Fsp3) is 1.00. The van der Waals surface area contributed by atoms with Crippen molar-refractivity contribution >= 4 is 7.32 Å². The van der Waals surface area contributed by atoms with Crippen LogP contribution in [0.4, 0.5) is 0 Å². The zero-order valence-electron chi connectivity index (χ0n) is 23.0. The summed E-state index contributed by atoms with van der Waals surface area (Å²) in [6.45, 7) is 15.9. The van der Waals surface area contributed by atoms with Crippen LogP contribution in [0.3, 0.4) is 0 Å². The maximum atomic E-state index is 6.28. The highest BCUT2D eigenvalue weighted by Gasteiger charge is 2.26. The van der Waals surface area contributed by atoms with E-state index in [0.717, 1.165) is 19.8 Å². The van der Waals surface area contributed by atoms with Gasteiger partial charge in [-0.1, -0.05) is 119 Å². The lowest BCUT2D eigenvalue weighted by Crippen LogP contribution is -2.33. The van der Waals surface area contributed by atoms with Crippen molar-refractivity contribution in [2.24, 2.45) is 17.8 Å². The average molecular weight is 455 g/mol. The number of rotatable bonds is 25. The van der Waals surface area contributed by atoms with Gasteiger partial charge < -0.3 is 14.0 Å². The van der Waals surface area contributed by atoms with Gasteiger partial charge >= 0.3 is 7.32 Å². The first-order chi connectivity index (χ1) is 15.6. The second-order valence-corrected chi connectivity index (χ2v) is 9.98. The summed E-state index contributed by atoms with van der Waals surface area (Å²) >= 11 is 0. The molecule has 0 aliphatic carbocycles. The van der Waals surface area contributed by atoms with Crippen LogP contribution < -0.4 is 0 Å². The summed E-state index contributed by atoms with van der Waals surface area (Å²) in [5.74, 6) is 1.84. The van der Waals surface area contributed by atoms with E-state index < -0.39 is 7.32 Å². The Morgan fingerprint density at radius 1 is 0.438 bits per heavy atom. The molecule has 0 rings (SSSR count). The Balaban J connectivity index is 4.75. The van der Waals surface area contributed by atoms with E-state index in [0.29, 0.717) is 17.8 Å². The SMILES string of the molecule is CCCCCC(CC)COB(OCC(CC)CCCCC)OCC(CCC)CCCCC. The fourth-order valence-electron chi connectivity index (χ4n) is 4.37. The van der Waals surface area contributed by atoms with Crippen molar-refractivity contribution in [3.8, 4) is 0 Å². The molecule has 0 aromatic rings. The topological polar surface area (TPSA) is 27.7 Å².